The normalized spacial score (nSPS) is 28.6. The fourth-order valence-corrected chi connectivity index (χ4v) is 2.69. The number of aliphatic hydroxyl groups excluding tert-OH is 3. The van der Waals surface area contributed by atoms with Crippen LogP contribution in [-0.2, 0) is 20.8 Å². The lowest BCUT2D eigenvalue weighted by atomic mass is 9.97. The quantitative estimate of drug-likeness (QED) is 0.486. The van der Waals surface area contributed by atoms with Crippen molar-refractivity contribution >= 4 is 40.9 Å². The van der Waals surface area contributed by atoms with Crippen molar-refractivity contribution in [2.75, 3.05) is 13.2 Å². The van der Waals surface area contributed by atoms with Gasteiger partial charge in [-0.1, -0.05) is 65.1 Å². The minimum absolute atomic E-state index is 0.0921. The minimum Gasteiger partial charge on any atom is -0.445 e. The maximum atomic E-state index is 11.9. The van der Waals surface area contributed by atoms with Gasteiger partial charge in [0, 0.05) is 0 Å². The molecule has 2 rings (SSSR count). The maximum Gasteiger partial charge on any atom is 0.407 e. The predicted octanol–water partition coefficient (Wildman–Crippen LogP) is 1.11. The number of amides is 1. The highest BCUT2D eigenvalue weighted by molar-refractivity contribution is 6.67. The Balaban J connectivity index is 2.06. The van der Waals surface area contributed by atoms with Gasteiger partial charge in [0.2, 0.25) is 3.79 Å². The van der Waals surface area contributed by atoms with Gasteiger partial charge in [0.15, 0.2) is 6.29 Å². The molecule has 1 unspecified atom stereocenters. The van der Waals surface area contributed by atoms with E-state index in [1.807, 2.05) is 30.3 Å². The molecule has 0 radical (unpaired) electrons. The van der Waals surface area contributed by atoms with Gasteiger partial charge in [-0.3, -0.25) is 0 Å². The molecule has 1 saturated heterocycles. The summed E-state index contributed by atoms with van der Waals surface area (Å²) in [5.74, 6) is 0. The van der Waals surface area contributed by atoms with Gasteiger partial charge in [0.1, 0.15) is 31.0 Å². The van der Waals surface area contributed by atoms with E-state index < -0.39 is 53.7 Å². The van der Waals surface area contributed by atoms with Crippen molar-refractivity contribution in [2.24, 2.45) is 0 Å². The molecule has 0 saturated carbocycles. The molecular formula is C16H20Cl3NO7. The SMILES string of the molecule is O=C(N[C@H]1C(O)O[C@H](CO)[C@@H](O)[C@@H]1OCc1ccccc1)OCC(Cl)(Cl)Cl. The fraction of sp³-hybridized carbons (Fsp3) is 0.562. The predicted molar refractivity (Wildman–Crippen MR) is 97.6 cm³/mol. The zero-order chi connectivity index (χ0) is 20.0. The number of carbonyl (C=O) groups is 1. The van der Waals surface area contributed by atoms with E-state index in [1.165, 1.54) is 0 Å². The number of hydrogen-bond acceptors (Lipinski definition) is 7. The van der Waals surface area contributed by atoms with Crippen molar-refractivity contribution in [3.05, 3.63) is 35.9 Å². The second kappa shape index (κ2) is 10.1. The van der Waals surface area contributed by atoms with Crippen LogP contribution in [0.5, 0.6) is 0 Å². The van der Waals surface area contributed by atoms with Crippen LogP contribution < -0.4 is 5.32 Å². The number of aliphatic hydroxyl groups is 3. The second-order valence-corrected chi connectivity index (χ2v) is 8.38. The molecule has 4 N–H and O–H groups in total. The monoisotopic (exact) mass is 443 g/mol. The van der Waals surface area contributed by atoms with E-state index >= 15 is 0 Å². The third-order valence-corrected chi connectivity index (χ3v) is 4.14. The Morgan fingerprint density at radius 2 is 1.89 bits per heavy atom. The average Bonchev–Trinajstić information content (AvgIpc) is 2.62. The van der Waals surface area contributed by atoms with Gasteiger partial charge in [-0.2, -0.15) is 0 Å². The number of carbonyl (C=O) groups excluding carboxylic acids is 1. The van der Waals surface area contributed by atoms with Crippen molar-refractivity contribution in [1.29, 1.82) is 0 Å². The van der Waals surface area contributed by atoms with Crippen molar-refractivity contribution < 1.29 is 34.3 Å². The summed E-state index contributed by atoms with van der Waals surface area (Å²) in [6.07, 6.45) is -6.06. The molecule has 5 atom stereocenters. The molecule has 8 nitrogen and oxygen atoms in total. The highest BCUT2D eigenvalue weighted by Gasteiger charge is 2.46. The summed E-state index contributed by atoms with van der Waals surface area (Å²) in [7, 11) is 0. The van der Waals surface area contributed by atoms with E-state index in [9.17, 15) is 20.1 Å². The number of halogens is 3. The molecule has 1 fully saturated rings. The summed E-state index contributed by atoms with van der Waals surface area (Å²) in [5, 5.41) is 32.2. The third kappa shape index (κ3) is 6.92. The topological polar surface area (TPSA) is 117 Å². The Kier molecular flexibility index (Phi) is 8.39. The van der Waals surface area contributed by atoms with Crippen LogP contribution in [0.2, 0.25) is 0 Å². The van der Waals surface area contributed by atoms with Crippen LogP contribution in [0.25, 0.3) is 0 Å². The van der Waals surface area contributed by atoms with Gasteiger partial charge >= 0.3 is 6.09 Å². The van der Waals surface area contributed by atoms with Crippen LogP contribution in [0.3, 0.4) is 0 Å². The van der Waals surface area contributed by atoms with Crippen molar-refractivity contribution in [3.63, 3.8) is 0 Å². The fourth-order valence-electron chi connectivity index (χ4n) is 2.53. The lowest BCUT2D eigenvalue weighted by Crippen LogP contribution is -2.65. The highest BCUT2D eigenvalue weighted by atomic mass is 35.6. The molecule has 1 aliphatic rings. The van der Waals surface area contributed by atoms with Crippen LogP contribution in [0, 0.1) is 0 Å². The maximum absolute atomic E-state index is 11.9. The van der Waals surface area contributed by atoms with Crippen LogP contribution in [0.4, 0.5) is 4.79 Å². The first-order valence-corrected chi connectivity index (χ1v) is 9.12. The van der Waals surface area contributed by atoms with E-state index in [4.69, 9.17) is 49.0 Å². The summed E-state index contributed by atoms with van der Waals surface area (Å²) in [6, 6.07) is 7.90. The average molecular weight is 445 g/mol. The second-order valence-electron chi connectivity index (χ2n) is 5.86. The van der Waals surface area contributed by atoms with E-state index in [0.717, 1.165) is 5.56 Å². The minimum atomic E-state index is -1.80. The Bertz CT molecular complexity index is 601. The molecule has 1 amide bonds. The molecule has 1 aliphatic heterocycles. The summed E-state index contributed by atoms with van der Waals surface area (Å²) in [4.78, 5) is 11.9. The first-order valence-electron chi connectivity index (χ1n) is 7.99. The number of rotatable bonds is 6. The summed E-state index contributed by atoms with van der Waals surface area (Å²) in [6.45, 7) is -0.979. The van der Waals surface area contributed by atoms with E-state index in [1.54, 1.807) is 0 Å². The Morgan fingerprint density at radius 3 is 2.48 bits per heavy atom. The lowest BCUT2D eigenvalue weighted by Gasteiger charge is -2.42. The molecule has 1 aromatic rings. The van der Waals surface area contributed by atoms with E-state index in [2.05, 4.69) is 5.32 Å². The summed E-state index contributed by atoms with van der Waals surface area (Å²) in [5.41, 5.74) is 0.809. The van der Waals surface area contributed by atoms with Crippen LogP contribution in [-0.4, -0.2) is 69.1 Å². The number of ether oxygens (including phenoxy) is 3. The van der Waals surface area contributed by atoms with Gasteiger partial charge in [-0.15, -0.1) is 0 Å². The number of alkyl halides is 3. The Labute approximate surface area is 170 Å². The first-order chi connectivity index (χ1) is 12.7. The standard InChI is InChI=1S/C16H20Cl3NO7/c17-16(18,19)8-26-15(24)20-11-13(12(22)10(6-21)27-14(11)23)25-7-9-4-2-1-3-5-9/h1-5,10-14,21-23H,6-8H2,(H,20,24)/t10-,11-,12-,13-,14?/m1/s1. The molecule has 27 heavy (non-hydrogen) atoms. The Hall–Kier alpha value is -0.840. The van der Waals surface area contributed by atoms with Gasteiger partial charge in [-0.05, 0) is 5.56 Å². The van der Waals surface area contributed by atoms with Crippen LogP contribution in [0.1, 0.15) is 5.56 Å². The molecule has 0 spiro atoms. The van der Waals surface area contributed by atoms with Gasteiger partial charge in [0.05, 0.1) is 13.2 Å². The molecule has 0 aromatic heterocycles. The third-order valence-electron chi connectivity index (χ3n) is 3.81. The number of alkyl carbamates (subject to hydrolysis) is 1. The largest absolute Gasteiger partial charge is 0.445 e. The van der Waals surface area contributed by atoms with Gasteiger partial charge < -0.3 is 34.8 Å². The van der Waals surface area contributed by atoms with Crippen molar-refractivity contribution in [3.8, 4) is 0 Å². The van der Waals surface area contributed by atoms with Gasteiger partial charge in [0.25, 0.3) is 0 Å². The van der Waals surface area contributed by atoms with Crippen LogP contribution in [0.15, 0.2) is 30.3 Å². The molecule has 0 bridgehead atoms. The molecule has 152 valence electrons. The smallest absolute Gasteiger partial charge is 0.407 e. The molecule has 0 aliphatic carbocycles. The Morgan fingerprint density at radius 1 is 1.22 bits per heavy atom. The number of nitrogens with one attached hydrogen (secondary N) is 1. The molecule has 1 aromatic carbocycles. The highest BCUT2D eigenvalue weighted by Crippen LogP contribution is 2.26. The summed E-state index contributed by atoms with van der Waals surface area (Å²) < 4.78 is 13.8. The first kappa shape index (κ1) is 22.4. The number of hydrogen-bond donors (Lipinski definition) is 4. The zero-order valence-electron chi connectivity index (χ0n) is 14.0. The van der Waals surface area contributed by atoms with Crippen molar-refractivity contribution in [1.82, 2.24) is 5.32 Å². The van der Waals surface area contributed by atoms with Crippen LogP contribution >= 0.6 is 34.8 Å². The molecule has 11 heteroatoms. The lowest BCUT2D eigenvalue weighted by molar-refractivity contribution is -0.263. The summed E-state index contributed by atoms with van der Waals surface area (Å²) >= 11 is 16.5. The zero-order valence-corrected chi connectivity index (χ0v) is 16.3. The van der Waals surface area contributed by atoms with Crippen molar-refractivity contribution in [2.45, 2.75) is 41.0 Å². The van der Waals surface area contributed by atoms with E-state index in [-0.39, 0.29) is 6.61 Å². The molecule has 1 heterocycles. The van der Waals surface area contributed by atoms with Gasteiger partial charge in [-0.25, -0.2) is 4.79 Å². The van der Waals surface area contributed by atoms with E-state index in [0.29, 0.717) is 0 Å². The number of benzene rings is 1. The molecular weight excluding hydrogens is 425 g/mol.